The van der Waals surface area contributed by atoms with Crippen molar-refractivity contribution in [3.8, 4) is 0 Å². The summed E-state index contributed by atoms with van der Waals surface area (Å²) in [5.41, 5.74) is 2.98. The maximum atomic E-state index is 4.42. The number of para-hydroxylation sites is 1. The molecule has 0 amide bonds. The van der Waals surface area contributed by atoms with Crippen LogP contribution in [0.3, 0.4) is 0 Å². The summed E-state index contributed by atoms with van der Waals surface area (Å²) in [5, 5.41) is 14.1. The first-order valence-electron chi connectivity index (χ1n) is 6.78. The predicted molar refractivity (Wildman–Crippen MR) is 90.7 cm³/mol. The van der Waals surface area contributed by atoms with E-state index in [4.69, 9.17) is 0 Å². The molecule has 2 heterocycles. The summed E-state index contributed by atoms with van der Waals surface area (Å²) in [6.07, 6.45) is 0. The first-order chi connectivity index (χ1) is 10.7. The van der Waals surface area contributed by atoms with E-state index in [9.17, 15) is 0 Å². The Morgan fingerprint density at radius 2 is 1.77 bits per heavy atom. The second kappa shape index (κ2) is 6.85. The topological polar surface area (TPSA) is 63.6 Å². The average molecular weight is 329 g/mol. The molecule has 0 saturated carbocycles. The fourth-order valence-corrected chi connectivity index (χ4v) is 3.59. The molecular weight excluding hydrogens is 314 g/mol. The molecule has 0 fully saturated rings. The van der Waals surface area contributed by atoms with E-state index in [2.05, 4.69) is 25.5 Å². The van der Waals surface area contributed by atoms with E-state index in [0.717, 1.165) is 38.1 Å². The molecule has 5 nitrogen and oxygen atoms in total. The van der Waals surface area contributed by atoms with Crippen LogP contribution in [0.15, 0.2) is 41.6 Å². The summed E-state index contributed by atoms with van der Waals surface area (Å²) >= 11 is 3.13. The number of hydrogen-bond donors (Lipinski definition) is 1. The molecule has 0 atom stereocenters. The van der Waals surface area contributed by atoms with Crippen LogP contribution in [0.5, 0.6) is 0 Å². The molecule has 0 unspecified atom stereocenters. The summed E-state index contributed by atoms with van der Waals surface area (Å²) in [6.45, 7) is 3.96. The fraction of sp³-hybridized carbons (Fsp3) is 0.200. The molecule has 0 spiro atoms. The lowest BCUT2D eigenvalue weighted by atomic mass is 10.3. The number of hydrogen-bond acceptors (Lipinski definition) is 7. The van der Waals surface area contributed by atoms with Crippen LogP contribution in [0.1, 0.15) is 16.4 Å². The number of aryl methyl sites for hydroxylation is 2. The zero-order valence-corrected chi connectivity index (χ0v) is 13.9. The van der Waals surface area contributed by atoms with Crippen LogP contribution in [0.2, 0.25) is 0 Å². The lowest BCUT2D eigenvalue weighted by Crippen LogP contribution is -1.93. The minimum Gasteiger partial charge on any atom is -0.330 e. The van der Waals surface area contributed by atoms with E-state index >= 15 is 0 Å². The maximum absolute atomic E-state index is 4.42. The average Bonchev–Trinajstić information content (AvgIpc) is 2.93. The van der Waals surface area contributed by atoms with Crippen molar-refractivity contribution >= 4 is 33.9 Å². The Labute approximate surface area is 137 Å². The van der Waals surface area contributed by atoms with Gasteiger partial charge in [-0.1, -0.05) is 41.3 Å². The normalized spacial score (nSPS) is 10.6. The van der Waals surface area contributed by atoms with Crippen molar-refractivity contribution in [2.45, 2.75) is 24.8 Å². The summed E-state index contributed by atoms with van der Waals surface area (Å²) in [4.78, 5) is 8.83. The Morgan fingerprint density at radius 3 is 2.50 bits per heavy atom. The van der Waals surface area contributed by atoms with E-state index in [1.54, 1.807) is 23.1 Å². The van der Waals surface area contributed by atoms with Crippen LogP contribution in [0, 0.1) is 13.8 Å². The Kier molecular flexibility index (Phi) is 4.65. The third-order valence-corrected chi connectivity index (χ3v) is 4.66. The molecule has 7 heteroatoms. The van der Waals surface area contributed by atoms with E-state index in [1.807, 2.05) is 50.2 Å². The van der Waals surface area contributed by atoms with Gasteiger partial charge in [-0.15, -0.1) is 10.2 Å². The summed E-state index contributed by atoms with van der Waals surface area (Å²) in [5.74, 6) is 0.719. The van der Waals surface area contributed by atoms with Gasteiger partial charge in [-0.25, -0.2) is 9.97 Å². The van der Waals surface area contributed by atoms with Crippen LogP contribution in [0.4, 0.5) is 10.8 Å². The van der Waals surface area contributed by atoms with Gasteiger partial charge in [-0.2, -0.15) is 0 Å². The SMILES string of the molecule is Cc1cc(C)nc(SCc2nnc(Nc3ccccc3)s2)n1. The summed E-state index contributed by atoms with van der Waals surface area (Å²) < 4.78 is 0. The van der Waals surface area contributed by atoms with Crippen molar-refractivity contribution in [3.63, 3.8) is 0 Å². The van der Waals surface area contributed by atoms with Gasteiger partial charge in [0.15, 0.2) is 5.16 Å². The van der Waals surface area contributed by atoms with Crippen LogP contribution >= 0.6 is 23.1 Å². The molecule has 3 rings (SSSR count). The number of benzene rings is 1. The molecule has 0 radical (unpaired) electrons. The number of rotatable bonds is 5. The zero-order valence-electron chi connectivity index (χ0n) is 12.3. The maximum Gasteiger partial charge on any atom is 0.210 e. The molecule has 0 bridgehead atoms. The number of aromatic nitrogens is 4. The molecule has 1 N–H and O–H groups in total. The highest BCUT2D eigenvalue weighted by Gasteiger charge is 2.07. The lowest BCUT2D eigenvalue weighted by Gasteiger charge is -2.01. The van der Waals surface area contributed by atoms with Crippen LogP contribution in [0.25, 0.3) is 0 Å². The van der Waals surface area contributed by atoms with Gasteiger partial charge in [0.05, 0.1) is 5.75 Å². The summed E-state index contributed by atoms with van der Waals surface area (Å²) in [6, 6.07) is 11.9. The molecular formula is C15H15N5S2. The van der Waals surface area contributed by atoms with Gasteiger partial charge in [0.1, 0.15) is 5.01 Å². The standard InChI is InChI=1S/C15H15N5S2/c1-10-8-11(2)17-14(16-10)21-9-13-19-20-15(22-13)18-12-6-4-3-5-7-12/h3-8H,9H2,1-2H3,(H,18,20). The van der Waals surface area contributed by atoms with Crippen LogP contribution in [-0.4, -0.2) is 20.2 Å². The summed E-state index contributed by atoms with van der Waals surface area (Å²) in [7, 11) is 0. The van der Waals surface area contributed by atoms with E-state index in [-0.39, 0.29) is 0 Å². The van der Waals surface area contributed by atoms with Gasteiger partial charge in [-0.05, 0) is 32.0 Å². The zero-order chi connectivity index (χ0) is 15.4. The van der Waals surface area contributed by atoms with Gasteiger partial charge in [0.2, 0.25) is 5.13 Å². The molecule has 2 aromatic heterocycles. The first kappa shape index (κ1) is 14.9. The second-order valence-corrected chi connectivity index (χ2v) is 6.72. The quantitative estimate of drug-likeness (QED) is 0.564. The predicted octanol–water partition coefficient (Wildman–Crippen LogP) is 3.98. The number of nitrogens with zero attached hydrogens (tertiary/aromatic N) is 4. The van der Waals surface area contributed by atoms with Crippen molar-refractivity contribution in [1.29, 1.82) is 0 Å². The highest BCUT2D eigenvalue weighted by molar-refractivity contribution is 7.98. The number of thioether (sulfide) groups is 1. The third-order valence-electron chi connectivity index (χ3n) is 2.78. The molecule has 0 aliphatic carbocycles. The highest BCUT2D eigenvalue weighted by atomic mass is 32.2. The highest BCUT2D eigenvalue weighted by Crippen LogP contribution is 2.25. The largest absolute Gasteiger partial charge is 0.330 e. The van der Waals surface area contributed by atoms with E-state index < -0.39 is 0 Å². The van der Waals surface area contributed by atoms with Crippen molar-refractivity contribution < 1.29 is 0 Å². The number of anilines is 2. The Hall–Kier alpha value is -1.99. The van der Waals surface area contributed by atoms with E-state index in [1.165, 1.54) is 0 Å². The van der Waals surface area contributed by atoms with Crippen LogP contribution < -0.4 is 5.32 Å². The van der Waals surface area contributed by atoms with E-state index in [0.29, 0.717) is 0 Å². The van der Waals surface area contributed by atoms with Gasteiger partial charge in [-0.3, -0.25) is 0 Å². The smallest absolute Gasteiger partial charge is 0.210 e. The molecule has 1 aromatic carbocycles. The monoisotopic (exact) mass is 329 g/mol. The fourth-order valence-electron chi connectivity index (χ4n) is 1.89. The van der Waals surface area contributed by atoms with Crippen molar-refractivity contribution in [1.82, 2.24) is 20.2 Å². The molecule has 3 aromatic rings. The molecule has 0 aliphatic rings. The van der Waals surface area contributed by atoms with Gasteiger partial charge in [0, 0.05) is 17.1 Å². The minimum atomic E-state index is 0.719. The van der Waals surface area contributed by atoms with Gasteiger partial charge < -0.3 is 5.32 Å². The van der Waals surface area contributed by atoms with Crippen molar-refractivity contribution in [3.05, 3.63) is 52.8 Å². The Bertz CT molecular complexity index is 737. The second-order valence-electron chi connectivity index (χ2n) is 4.71. The Morgan fingerprint density at radius 1 is 1.05 bits per heavy atom. The van der Waals surface area contributed by atoms with Crippen molar-refractivity contribution in [2.75, 3.05) is 5.32 Å². The molecule has 0 saturated heterocycles. The minimum absolute atomic E-state index is 0.719. The molecule has 22 heavy (non-hydrogen) atoms. The van der Waals surface area contributed by atoms with Crippen molar-refractivity contribution in [2.24, 2.45) is 0 Å². The van der Waals surface area contributed by atoms with Crippen LogP contribution in [-0.2, 0) is 5.75 Å². The lowest BCUT2D eigenvalue weighted by molar-refractivity contribution is 0.901. The van der Waals surface area contributed by atoms with Gasteiger partial charge >= 0.3 is 0 Å². The molecule has 0 aliphatic heterocycles. The molecule has 112 valence electrons. The van der Waals surface area contributed by atoms with Gasteiger partial charge in [0.25, 0.3) is 0 Å². The Balaban J connectivity index is 1.62. The number of nitrogens with one attached hydrogen (secondary N) is 1. The third kappa shape index (κ3) is 4.02. The first-order valence-corrected chi connectivity index (χ1v) is 8.59.